The highest BCUT2D eigenvalue weighted by Crippen LogP contribution is 2.42. The van der Waals surface area contributed by atoms with E-state index in [-0.39, 0.29) is 35.2 Å². The van der Waals surface area contributed by atoms with Gasteiger partial charge < -0.3 is 66.2 Å². The SMILES string of the molecule is CC(=O)N[C@@H]([C@@H](O)[C@H](O)[C@H](O)CO)[C@@H](O)CC(=O)C(=O)O.Oc1cc(O)c2c(c1)O[C@H](c1ccc(O)c(O)c1)[C@@H](O)C2. The van der Waals surface area contributed by atoms with Crippen molar-refractivity contribution in [3.8, 4) is 28.7 Å². The number of hydrogen-bond acceptors (Lipinski definition) is 14. The number of benzene rings is 2. The van der Waals surface area contributed by atoms with Crippen molar-refractivity contribution in [2.75, 3.05) is 6.61 Å². The summed E-state index contributed by atoms with van der Waals surface area (Å²) in [7, 11) is 0. The number of carboxylic acid groups (broad SMARTS) is 1. The van der Waals surface area contributed by atoms with Gasteiger partial charge in [-0.25, -0.2) is 4.79 Å². The summed E-state index contributed by atoms with van der Waals surface area (Å²) in [5.74, 6) is -4.48. The van der Waals surface area contributed by atoms with Crippen LogP contribution in [0.3, 0.4) is 0 Å². The Hall–Kier alpha value is -4.19. The Kier molecular flexibility index (Phi) is 11.8. The molecule has 1 amide bonds. The molecule has 0 aliphatic carbocycles. The Balaban J connectivity index is 0.000000293. The first-order valence-electron chi connectivity index (χ1n) is 12.3. The molecular formula is C26H33NO15. The van der Waals surface area contributed by atoms with E-state index in [0.29, 0.717) is 11.1 Å². The van der Waals surface area contributed by atoms with Gasteiger partial charge in [0.1, 0.15) is 41.7 Å². The first-order valence-corrected chi connectivity index (χ1v) is 12.3. The lowest BCUT2D eigenvalue weighted by Crippen LogP contribution is -2.57. The first kappa shape index (κ1) is 34.0. The molecular weight excluding hydrogens is 566 g/mol. The van der Waals surface area contributed by atoms with Crippen molar-refractivity contribution >= 4 is 17.7 Å². The number of aliphatic hydroxyl groups is 6. The van der Waals surface area contributed by atoms with E-state index in [1.54, 1.807) is 0 Å². The highest BCUT2D eigenvalue weighted by atomic mass is 16.5. The van der Waals surface area contributed by atoms with Crippen molar-refractivity contribution in [2.24, 2.45) is 0 Å². The van der Waals surface area contributed by atoms with Crippen molar-refractivity contribution in [1.29, 1.82) is 0 Å². The van der Waals surface area contributed by atoms with Crippen LogP contribution < -0.4 is 10.1 Å². The number of aliphatic hydroxyl groups excluding tert-OH is 6. The molecule has 232 valence electrons. The van der Waals surface area contributed by atoms with E-state index in [1.165, 1.54) is 30.3 Å². The minimum atomic E-state index is -1.94. The van der Waals surface area contributed by atoms with Crippen LogP contribution in [0.25, 0.3) is 0 Å². The molecule has 0 saturated carbocycles. The molecule has 16 heteroatoms. The third kappa shape index (κ3) is 8.65. The second-order valence-electron chi connectivity index (χ2n) is 9.46. The molecule has 1 aliphatic heterocycles. The molecule has 12 N–H and O–H groups in total. The molecule has 2 aromatic carbocycles. The predicted molar refractivity (Wildman–Crippen MR) is 139 cm³/mol. The van der Waals surface area contributed by atoms with Gasteiger partial charge >= 0.3 is 5.97 Å². The van der Waals surface area contributed by atoms with Crippen molar-refractivity contribution in [1.82, 2.24) is 5.32 Å². The fraction of sp³-hybridized carbons (Fsp3) is 0.423. The molecule has 0 bridgehead atoms. The summed E-state index contributed by atoms with van der Waals surface area (Å²) < 4.78 is 5.62. The maximum absolute atomic E-state index is 11.0. The van der Waals surface area contributed by atoms with Gasteiger partial charge in [0.05, 0.1) is 24.9 Å². The Morgan fingerprint density at radius 3 is 2.12 bits per heavy atom. The van der Waals surface area contributed by atoms with Gasteiger partial charge in [0.15, 0.2) is 11.5 Å². The number of amides is 1. The summed E-state index contributed by atoms with van der Waals surface area (Å²) >= 11 is 0. The zero-order valence-electron chi connectivity index (χ0n) is 22.1. The molecule has 7 atom stereocenters. The van der Waals surface area contributed by atoms with Crippen LogP contribution in [0.15, 0.2) is 30.3 Å². The third-order valence-corrected chi connectivity index (χ3v) is 6.23. The zero-order valence-corrected chi connectivity index (χ0v) is 22.1. The van der Waals surface area contributed by atoms with E-state index in [1.807, 2.05) is 5.32 Å². The monoisotopic (exact) mass is 599 g/mol. The number of carbonyl (C=O) groups excluding carboxylic acids is 2. The van der Waals surface area contributed by atoms with Crippen LogP contribution in [0.5, 0.6) is 28.7 Å². The lowest BCUT2D eigenvalue weighted by molar-refractivity contribution is -0.151. The number of Topliss-reactive ketones (excluding diaryl/α,β-unsaturated/α-hetero) is 1. The predicted octanol–water partition coefficient (Wildman–Crippen LogP) is -2.48. The maximum Gasteiger partial charge on any atom is 0.372 e. The first-order chi connectivity index (χ1) is 19.6. The number of aliphatic carboxylic acids is 1. The minimum absolute atomic E-state index is 0.143. The van der Waals surface area contributed by atoms with Crippen LogP contribution in [-0.4, -0.2) is 117 Å². The Labute approximate surface area is 237 Å². The Morgan fingerprint density at radius 1 is 0.929 bits per heavy atom. The van der Waals surface area contributed by atoms with E-state index in [9.17, 15) is 60.3 Å². The average Bonchev–Trinajstić information content (AvgIpc) is 2.92. The number of aromatic hydroxyl groups is 4. The number of ketones is 1. The second kappa shape index (κ2) is 14.6. The van der Waals surface area contributed by atoms with Gasteiger partial charge in [-0.15, -0.1) is 0 Å². The summed E-state index contributed by atoms with van der Waals surface area (Å²) in [5, 5.41) is 106. The molecule has 0 saturated heterocycles. The summed E-state index contributed by atoms with van der Waals surface area (Å²) in [6.07, 6.45) is -9.91. The number of carbonyl (C=O) groups is 3. The number of carboxylic acids is 1. The highest BCUT2D eigenvalue weighted by Gasteiger charge is 2.37. The number of phenols is 4. The van der Waals surface area contributed by atoms with Gasteiger partial charge in [0.2, 0.25) is 11.7 Å². The maximum atomic E-state index is 11.0. The molecule has 2 aromatic rings. The fourth-order valence-corrected chi connectivity index (χ4v) is 4.06. The number of ether oxygens (including phenoxy) is 1. The lowest BCUT2D eigenvalue weighted by Gasteiger charge is -2.32. The van der Waals surface area contributed by atoms with Crippen LogP contribution >= 0.6 is 0 Å². The van der Waals surface area contributed by atoms with Crippen LogP contribution in [0.4, 0.5) is 0 Å². The highest BCUT2D eigenvalue weighted by molar-refractivity contribution is 6.32. The van der Waals surface area contributed by atoms with E-state index in [0.717, 1.165) is 6.92 Å². The minimum Gasteiger partial charge on any atom is -0.508 e. The van der Waals surface area contributed by atoms with E-state index < -0.39 is 73.4 Å². The van der Waals surface area contributed by atoms with Crippen molar-refractivity contribution < 1.29 is 75.3 Å². The smallest absolute Gasteiger partial charge is 0.372 e. The van der Waals surface area contributed by atoms with Gasteiger partial charge in [-0.3, -0.25) is 9.59 Å². The summed E-state index contributed by atoms with van der Waals surface area (Å²) in [4.78, 5) is 32.4. The quantitative estimate of drug-likeness (QED) is 0.0994. The van der Waals surface area contributed by atoms with Gasteiger partial charge in [0, 0.05) is 37.5 Å². The van der Waals surface area contributed by atoms with Crippen molar-refractivity contribution in [2.45, 2.75) is 62.4 Å². The van der Waals surface area contributed by atoms with Gasteiger partial charge in [0.25, 0.3) is 0 Å². The lowest BCUT2D eigenvalue weighted by atomic mass is 9.94. The van der Waals surface area contributed by atoms with Gasteiger partial charge in [-0.1, -0.05) is 6.07 Å². The summed E-state index contributed by atoms with van der Waals surface area (Å²) in [5.41, 5.74) is 0.894. The van der Waals surface area contributed by atoms with Gasteiger partial charge in [-0.2, -0.15) is 0 Å². The molecule has 3 rings (SSSR count). The van der Waals surface area contributed by atoms with Crippen LogP contribution in [-0.2, 0) is 20.8 Å². The Morgan fingerprint density at radius 2 is 1.57 bits per heavy atom. The molecule has 42 heavy (non-hydrogen) atoms. The van der Waals surface area contributed by atoms with Crippen LogP contribution in [0.2, 0.25) is 0 Å². The van der Waals surface area contributed by atoms with Gasteiger partial charge in [-0.05, 0) is 17.7 Å². The Bertz CT molecular complexity index is 1270. The van der Waals surface area contributed by atoms with E-state index >= 15 is 0 Å². The number of fused-ring (bicyclic) bond motifs is 1. The molecule has 0 aromatic heterocycles. The third-order valence-electron chi connectivity index (χ3n) is 6.23. The van der Waals surface area contributed by atoms with Crippen molar-refractivity contribution in [3.63, 3.8) is 0 Å². The van der Waals surface area contributed by atoms with E-state index in [2.05, 4.69) is 0 Å². The molecule has 0 radical (unpaired) electrons. The summed E-state index contributed by atoms with van der Waals surface area (Å²) in [6, 6.07) is 5.06. The van der Waals surface area contributed by atoms with Crippen LogP contribution in [0.1, 0.15) is 30.6 Å². The number of nitrogens with one attached hydrogen (secondary N) is 1. The molecule has 0 unspecified atom stereocenters. The standard InChI is InChI=1S/C15H14O6.C11H19NO9/c16-8-4-11(18)9-6-13(20)15(21-14(9)5-8)7-1-2-10(17)12(19)3-7;1-4(14)12-8(5(15)2-6(16)11(20)21)10(19)9(18)7(17)3-13/h1-5,13,15-20H,6H2;5,7-10,13,15,17-19H,2-3H2,1H3,(H,12,14)(H,20,21)/t13-,15+;5-,7+,8+,9+,10+/m00/s1. The molecule has 1 heterocycles. The normalized spacial score (nSPS) is 19.4. The number of phenolic OH excluding ortho intramolecular Hbond substituents is 4. The summed E-state index contributed by atoms with van der Waals surface area (Å²) in [6.45, 7) is 0.134. The number of rotatable bonds is 10. The fourth-order valence-electron chi connectivity index (χ4n) is 4.06. The zero-order chi connectivity index (χ0) is 31.9. The molecule has 0 spiro atoms. The molecule has 16 nitrogen and oxygen atoms in total. The van der Waals surface area contributed by atoms with E-state index in [4.69, 9.17) is 14.9 Å². The second-order valence-corrected chi connectivity index (χ2v) is 9.46. The van der Waals surface area contributed by atoms with Crippen molar-refractivity contribution in [3.05, 3.63) is 41.5 Å². The average molecular weight is 600 g/mol. The number of hydrogen-bond donors (Lipinski definition) is 12. The largest absolute Gasteiger partial charge is 0.508 e. The molecule has 0 fully saturated rings. The molecule has 1 aliphatic rings. The van der Waals surface area contributed by atoms with Crippen LogP contribution in [0, 0.1) is 0 Å². The topological polar surface area (TPSA) is 295 Å².